The summed E-state index contributed by atoms with van der Waals surface area (Å²) in [5.74, 6) is 0.146. The van der Waals surface area contributed by atoms with Gasteiger partial charge >= 0.3 is 6.09 Å². The molecule has 0 aliphatic carbocycles. The van der Waals surface area contributed by atoms with Gasteiger partial charge in [-0.15, -0.1) is 0 Å². The molecule has 0 bridgehead atoms. The van der Waals surface area contributed by atoms with Crippen molar-refractivity contribution in [1.29, 1.82) is 0 Å². The summed E-state index contributed by atoms with van der Waals surface area (Å²) in [5, 5.41) is 7.92. The molecule has 0 unspecified atom stereocenters. The van der Waals surface area contributed by atoms with Crippen molar-refractivity contribution in [1.82, 2.24) is 10.6 Å². The van der Waals surface area contributed by atoms with Crippen molar-refractivity contribution in [2.75, 3.05) is 18.5 Å². The summed E-state index contributed by atoms with van der Waals surface area (Å²) in [7, 11) is 0. The fourth-order valence-electron chi connectivity index (χ4n) is 2.91. The number of rotatable bonds is 8. The highest BCUT2D eigenvalue weighted by Gasteiger charge is 2.16. The molecule has 2 aromatic rings. The first-order valence-electron chi connectivity index (χ1n) is 10.8. The molecule has 0 heterocycles. The summed E-state index contributed by atoms with van der Waals surface area (Å²) in [5.41, 5.74) is 3.96. The van der Waals surface area contributed by atoms with Crippen LogP contribution in [0.5, 0.6) is 5.75 Å². The number of alkyl carbamates (subject to hydrolysis) is 1. The lowest BCUT2D eigenvalue weighted by molar-refractivity contribution is -0.123. The molecule has 3 amide bonds. The molecule has 2 rings (SSSR count). The van der Waals surface area contributed by atoms with Crippen molar-refractivity contribution < 1.29 is 23.9 Å². The zero-order chi connectivity index (χ0) is 24.6. The third-order valence-electron chi connectivity index (χ3n) is 4.74. The van der Waals surface area contributed by atoms with Crippen LogP contribution in [-0.4, -0.2) is 36.7 Å². The van der Waals surface area contributed by atoms with E-state index in [4.69, 9.17) is 9.47 Å². The number of carbonyl (C=O) groups excluding carboxylic acids is 3. The molecule has 0 atom stereocenters. The van der Waals surface area contributed by atoms with E-state index >= 15 is 0 Å². The highest BCUT2D eigenvalue weighted by atomic mass is 16.6. The Kier molecular flexibility index (Phi) is 8.85. The van der Waals surface area contributed by atoms with Gasteiger partial charge in [0.25, 0.3) is 5.91 Å². The molecule has 3 N–H and O–H groups in total. The summed E-state index contributed by atoms with van der Waals surface area (Å²) in [6.45, 7) is 11.2. The van der Waals surface area contributed by atoms with Gasteiger partial charge in [0.2, 0.25) is 5.91 Å². The molecule has 2 aromatic carbocycles. The van der Waals surface area contributed by atoms with Crippen molar-refractivity contribution in [2.24, 2.45) is 0 Å². The van der Waals surface area contributed by atoms with E-state index in [2.05, 4.69) is 16.0 Å². The minimum atomic E-state index is -0.652. The Morgan fingerprint density at radius 1 is 0.848 bits per heavy atom. The second kappa shape index (κ2) is 11.4. The number of aryl methyl sites for hydroxylation is 2. The molecule has 8 heteroatoms. The van der Waals surface area contributed by atoms with E-state index in [1.807, 2.05) is 32.9 Å². The number of benzene rings is 2. The van der Waals surface area contributed by atoms with E-state index in [0.717, 1.165) is 28.0 Å². The van der Waals surface area contributed by atoms with Gasteiger partial charge in [0.15, 0.2) is 6.61 Å². The molecule has 0 aromatic heterocycles. The zero-order valence-corrected chi connectivity index (χ0v) is 20.1. The van der Waals surface area contributed by atoms with Crippen LogP contribution < -0.4 is 20.7 Å². The van der Waals surface area contributed by atoms with Gasteiger partial charge in [-0.1, -0.05) is 24.3 Å². The van der Waals surface area contributed by atoms with Gasteiger partial charge in [-0.3, -0.25) is 9.59 Å². The Morgan fingerprint density at radius 2 is 1.48 bits per heavy atom. The number of amides is 3. The number of hydrogen-bond donors (Lipinski definition) is 3. The standard InChI is InChI=1S/C25H33N3O5/c1-16-7-8-17(2)23(18(16)3)32-15-22(30)26-13-19-9-11-20(12-10-19)28-21(29)14-27-24(31)33-25(4,5)6/h7-12H,13-15H2,1-6H3,(H,26,30)(H,27,31)(H,28,29). The molecule has 0 saturated heterocycles. The van der Waals surface area contributed by atoms with Gasteiger partial charge in [-0.2, -0.15) is 0 Å². The highest BCUT2D eigenvalue weighted by molar-refractivity contribution is 5.93. The first-order valence-corrected chi connectivity index (χ1v) is 10.8. The fourth-order valence-corrected chi connectivity index (χ4v) is 2.91. The van der Waals surface area contributed by atoms with Crippen LogP contribution in [0.1, 0.15) is 43.0 Å². The number of hydrogen-bond acceptors (Lipinski definition) is 5. The molecule has 0 aliphatic heterocycles. The fraction of sp³-hybridized carbons (Fsp3) is 0.400. The quantitative estimate of drug-likeness (QED) is 0.562. The van der Waals surface area contributed by atoms with E-state index in [1.165, 1.54) is 0 Å². The molecular weight excluding hydrogens is 422 g/mol. The number of anilines is 1. The van der Waals surface area contributed by atoms with E-state index in [1.54, 1.807) is 45.0 Å². The Balaban J connectivity index is 1.75. The Hall–Kier alpha value is -3.55. The number of nitrogens with one attached hydrogen (secondary N) is 3. The molecular formula is C25H33N3O5. The van der Waals surface area contributed by atoms with Gasteiger partial charge in [0, 0.05) is 12.2 Å². The van der Waals surface area contributed by atoms with Gasteiger partial charge in [0.1, 0.15) is 17.9 Å². The van der Waals surface area contributed by atoms with E-state index < -0.39 is 11.7 Å². The smallest absolute Gasteiger partial charge is 0.408 e. The second-order valence-corrected chi connectivity index (χ2v) is 8.82. The lowest BCUT2D eigenvalue weighted by Crippen LogP contribution is -2.37. The maximum Gasteiger partial charge on any atom is 0.408 e. The van der Waals surface area contributed by atoms with Crippen molar-refractivity contribution in [2.45, 2.75) is 53.7 Å². The number of carbonyl (C=O) groups is 3. The first-order chi connectivity index (χ1) is 15.4. The molecule has 178 valence electrons. The summed E-state index contributed by atoms with van der Waals surface area (Å²) in [6.07, 6.45) is -0.652. The van der Waals surface area contributed by atoms with Crippen LogP contribution in [0.4, 0.5) is 10.5 Å². The van der Waals surface area contributed by atoms with Crippen LogP contribution in [0.3, 0.4) is 0 Å². The Labute approximate surface area is 195 Å². The van der Waals surface area contributed by atoms with E-state index in [0.29, 0.717) is 12.2 Å². The van der Waals surface area contributed by atoms with Crippen molar-refractivity contribution in [3.05, 3.63) is 58.7 Å². The van der Waals surface area contributed by atoms with Crippen LogP contribution in [0.2, 0.25) is 0 Å². The largest absolute Gasteiger partial charge is 0.483 e. The summed E-state index contributed by atoms with van der Waals surface area (Å²) in [4.78, 5) is 35.8. The average Bonchev–Trinajstić information content (AvgIpc) is 2.73. The monoisotopic (exact) mass is 455 g/mol. The molecule has 0 radical (unpaired) electrons. The summed E-state index contributed by atoms with van der Waals surface area (Å²) in [6, 6.07) is 11.1. The van der Waals surface area contributed by atoms with E-state index in [-0.39, 0.29) is 25.0 Å². The van der Waals surface area contributed by atoms with Crippen LogP contribution >= 0.6 is 0 Å². The maximum absolute atomic E-state index is 12.2. The Bertz CT molecular complexity index is 994. The second-order valence-electron chi connectivity index (χ2n) is 8.82. The van der Waals surface area contributed by atoms with Gasteiger partial charge in [0.05, 0.1) is 0 Å². The maximum atomic E-state index is 12.2. The van der Waals surface area contributed by atoms with Crippen LogP contribution in [0.15, 0.2) is 36.4 Å². The lowest BCUT2D eigenvalue weighted by Gasteiger charge is -2.19. The van der Waals surface area contributed by atoms with Gasteiger partial charge < -0.3 is 25.4 Å². The number of ether oxygens (including phenoxy) is 2. The first kappa shape index (κ1) is 25.7. The topological polar surface area (TPSA) is 106 Å². The predicted molar refractivity (Wildman–Crippen MR) is 127 cm³/mol. The van der Waals surface area contributed by atoms with Crippen LogP contribution in [-0.2, 0) is 20.9 Å². The van der Waals surface area contributed by atoms with Gasteiger partial charge in [-0.05, 0) is 75.9 Å². The van der Waals surface area contributed by atoms with Crippen molar-refractivity contribution in [3.63, 3.8) is 0 Å². The Morgan fingerprint density at radius 3 is 2.12 bits per heavy atom. The molecule has 0 saturated carbocycles. The summed E-state index contributed by atoms with van der Waals surface area (Å²) < 4.78 is 10.8. The van der Waals surface area contributed by atoms with Crippen molar-refractivity contribution in [3.8, 4) is 5.75 Å². The predicted octanol–water partition coefficient (Wildman–Crippen LogP) is 3.77. The molecule has 0 spiro atoms. The minimum absolute atomic E-state index is 0.0656. The minimum Gasteiger partial charge on any atom is -0.483 e. The molecule has 0 aliphatic rings. The van der Waals surface area contributed by atoms with Crippen molar-refractivity contribution >= 4 is 23.6 Å². The van der Waals surface area contributed by atoms with Crippen LogP contribution in [0, 0.1) is 20.8 Å². The molecule has 0 fully saturated rings. The molecule has 33 heavy (non-hydrogen) atoms. The summed E-state index contributed by atoms with van der Waals surface area (Å²) >= 11 is 0. The average molecular weight is 456 g/mol. The third-order valence-corrected chi connectivity index (χ3v) is 4.74. The van der Waals surface area contributed by atoms with E-state index in [9.17, 15) is 14.4 Å². The normalized spacial score (nSPS) is 10.8. The third kappa shape index (κ3) is 8.84. The molecule has 8 nitrogen and oxygen atoms in total. The zero-order valence-electron chi connectivity index (χ0n) is 20.1. The van der Waals surface area contributed by atoms with Crippen LogP contribution in [0.25, 0.3) is 0 Å². The highest BCUT2D eigenvalue weighted by Crippen LogP contribution is 2.25. The lowest BCUT2D eigenvalue weighted by atomic mass is 10.1. The SMILES string of the molecule is Cc1ccc(C)c(OCC(=O)NCc2ccc(NC(=O)CNC(=O)OC(C)(C)C)cc2)c1C. The van der Waals surface area contributed by atoms with Gasteiger partial charge in [-0.25, -0.2) is 4.79 Å².